The Hall–Kier alpha value is -1.38. The van der Waals surface area contributed by atoms with Gasteiger partial charge in [-0.25, -0.2) is 13.1 Å². The van der Waals surface area contributed by atoms with E-state index in [1.807, 2.05) is 13.0 Å². The summed E-state index contributed by atoms with van der Waals surface area (Å²) in [4.78, 5) is 0. The minimum Gasteiger partial charge on any atom is -0.212 e. The van der Waals surface area contributed by atoms with Gasteiger partial charge in [0.2, 0.25) is 10.0 Å². The Morgan fingerprint density at radius 1 is 1.32 bits per heavy atom. The van der Waals surface area contributed by atoms with Crippen LogP contribution in [0.4, 0.5) is 0 Å². The van der Waals surface area contributed by atoms with Gasteiger partial charge in [0.25, 0.3) is 0 Å². The molecule has 104 valence electrons. The van der Waals surface area contributed by atoms with Crippen molar-refractivity contribution in [1.82, 2.24) is 4.72 Å². The van der Waals surface area contributed by atoms with Gasteiger partial charge < -0.3 is 0 Å². The van der Waals surface area contributed by atoms with E-state index in [1.165, 1.54) is 0 Å². The normalized spacial score (nSPS) is 12.9. The zero-order chi connectivity index (χ0) is 14.3. The van der Waals surface area contributed by atoms with Crippen LogP contribution in [0.25, 0.3) is 0 Å². The minimum absolute atomic E-state index is 0.0386. The molecule has 0 spiro atoms. The molecule has 0 bridgehead atoms. The van der Waals surface area contributed by atoms with Crippen molar-refractivity contribution >= 4 is 10.0 Å². The molecule has 1 unspecified atom stereocenters. The van der Waals surface area contributed by atoms with Crippen LogP contribution in [0.1, 0.15) is 44.2 Å². The third-order valence-corrected chi connectivity index (χ3v) is 4.29. The number of nitriles is 1. The molecule has 1 aromatic carbocycles. The predicted molar refractivity (Wildman–Crippen MR) is 75.9 cm³/mol. The topological polar surface area (TPSA) is 70.0 Å². The van der Waals surface area contributed by atoms with Gasteiger partial charge >= 0.3 is 0 Å². The molecule has 1 N–H and O–H groups in total. The molecule has 0 fully saturated rings. The summed E-state index contributed by atoms with van der Waals surface area (Å²) in [7, 11) is -3.32. The van der Waals surface area contributed by atoms with Crippen LogP contribution in [-0.4, -0.2) is 14.5 Å². The molecule has 4 nitrogen and oxygen atoms in total. The Morgan fingerprint density at radius 3 is 2.47 bits per heavy atom. The number of nitrogens with zero attached hydrogens (tertiary/aromatic N) is 1. The second kappa shape index (κ2) is 7.27. The summed E-state index contributed by atoms with van der Waals surface area (Å²) in [5.74, 6) is -0.0465. The van der Waals surface area contributed by atoms with Crippen LogP contribution in [-0.2, 0) is 15.8 Å². The Kier molecular flexibility index (Phi) is 6.00. The molecule has 0 aliphatic heterocycles. The highest BCUT2D eigenvalue weighted by atomic mass is 32.2. The summed E-state index contributed by atoms with van der Waals surface area (Å²) in [6, 6.07) is 8.58. The number of rotatable bonds is 7. The standard InChI is InChI=1S/C14H20N2O2S/c1-3-4-5-12(2)16-19(17,18)11-14-8-6-13(10-15)7-9-14/h6-9,12,16H,3-5,11H2,1-2H3. The molecule has 0 heterocycles. The first kappa shape index (κ1) is 15.7. The van der Waals surface area contributed by atoms with Crippen molar-refractivity contribution in [3.05, 3.63) is 35.4 Å². The van der Waals surface area contributed by atoms with Crippen molar-refractivity contribution in [2.75, 3.05) is 0 Å². The molecule has 1 rings (SSSR count). The maximum atomic E-state index is 12.0. The number of benzene rings is 1. The summed E-state index contributed by atoms with van der Waals surface area (Å²) >= 11 is 0. The molecule has 0 saturated carbocycles. The van der Waals surface area contributed by atoms with E-state index >= 15 is 0 Å². The molecule has 0 saturated heterocycles. The first-order valence-corrected chi connectivity index (χ1v) is 8.11. The second-order valence-electron chi connectivity index (χ2n) is 4.73. The van der Waals surface area contributed by atoms with Crippen molar-refractivity contribution in [2.24, 2.45) is 0 Å². The zero-order valence-electron chi connectivity index (χ0n) is 11.4. The van der Waals surface area contributed by atoms with E-state index in [1.54, 1.807) is 24.3 Å². The lowest BCUT2D eigenvalue weighted by atomic mass is 10.2. The van der Waals surface area contributed by atoms with Crippen LogP contribution < -0.4 is 4.72 Å². The lowest BCUT2D eigenvalue weighted by Crippen LogP contribution is -2.33. The van der Waals surface area contributed by atoms with E-state index in [2.05, 4.69) is 11.6 Å². The van der Waals surface area contributed by atoms with Crippen molar-refractivity contribution in [2.45, 2.75) is 44.9 Å². The van der Waals surface area contributed by atoms with E-state index in [-0.39, 0.29) is 11.8 Å². The quantitative estimate of drug-likeness (QED) is 0.834. The first-order chi connectivity index (χ1) is 8.96. The number of hydrogen-bond acceptors (Lipinski definition) is 3. The SMILES string of the molecule is CCCCC(C)NS(=O)(=O)Cc1ccc(C#N)cc1. The largest absolute Gasteiger partial charge is 0.216 e. The Balaban J connectivity index is 2.61. The molecule has 19 heavy (non-hydrogen) atoms. The molecule has 0 amide bonds. The van der Waals surface area contributed by atoms with Crippen LogP contribution >= 0.6 is 0 Å². The average Bonchev–Trinajstić information content (AvgIpc) is 2.36. The smallest absolute Gasteiger partial charge is 0.212 e. The van der Waals surface area contributed by atoms with Crippen molar-refractivity contribution in [1.29, 1.82) is 5.26 Å². The third-order valence-electron chi connectivity index (χ3n) is 2.81. The number of sulfonamides is 1. The van der Waals surface area contributed by atoms with E-state index in [9.17, 15) is 8.42 Å². The minimum atomic E-state index is -3.32. The summed E-state index contributed by atoms with van der Waals surface area (Å²) in [6.07, 6.45) is 2.92. The first-order valence-electron chi connectivity index (χ1n) is 6.46. The van der Waals surface area contributed by atoms with Crippen LogP contribution in [0.15, 0.2) is 24.3 Å². The summed E-state index contributed by atoms with van der Waals surface area (Å²) in [5, 5.41) is 8.68. The van der Waals surface area contributed by atoms with Gasteiger partial charge in [0.05, 0.1) is 17.4 Å². The molecular formula is C14H20N2O2S. The van der Waals surface area contributed by atoms with E-state index in [4.69, 9.17) is 5.26 Å². The van der Waals surface area contributed by atoms with Gasteiger partial charge in [-0.3, -0.25) is 0 Å². The van der Waals surface area contributed by atoms with Crippen molar-refractivity contribution in [3.63, 3.8) is 0 Å². The zero-order valence-corrected chi connectivity index (χ0v) is 12.2. The van der Waals surface area contributed by atoms with Crippen LogP contribution in [0.5, 0.6) is 0 Å². The fourth-order valence-corrected chi connectivity index (χ4v) is 3.26. The highest BCUT2D eigenvalue weighted by Crippen LogP contribution is 2.09. The molecule has 1 atom stereocenters. The molecular weight excluding hydrogens is 260 g/mol. The average molecular weight is 280 g/mol. The second-order valence-corrected chi connectivity index (χ2v) is 6.48. The van der Waals surface area contributed by atoms with Crippen LogP contribution in [0.2, 0.25) is 0 Å². The maximum absolute atomic E-state index is 12.0. The molecule has 0 aromatic heterocycles. The van der Waals surface area contributed by atoms with Gasteiger partial charge in [0, 0.05) is 6.04 Å². The summed E-state index contributed by atoms with van der Waals surface area (Å²) in [6.45, 7) is 3.96. The van der Waals surface area contributed by atoms with Gasteiger partial charge in [-0.2, -0.15) is 5.26 Å². The highest BCUT2D eigenvalue weighted by molar-refractivity contribution is 7.88. The van der Waals surface area contributed by atoms with Crippen molar-refractivity contribution < 1.29 is 8.42 Å². The number of hydrogen-bond donors (Lipinski definition) is 1. The van der Waals surface area contributed by atoms with Crippen LogP contribution in [0.3, 0.4) is 0 Å². The fourth-order valence-electron chi connectivity index (χ4n) is 1.81. The Bertz CT molecular complexity index is 530. The van der Waals surface area contributed by atoms with Gasteiger partial charge in [-0.05, 0) is 31.0 Å². The Labute approximate surface area is 115 Å². The monoisotopic (exact) mass is 280 g/mol. The molecule has 0 aliphatic rings. The van der Waals surface area contributed by atoms with E-state index in [0.29, 0.717) is 11.1 Å². The van der Waals surface area contributed by atoms with Crippen molar-refractivity contribution in [3.8, 4) is 6.07 Å². The molecule has 0 aliphatic carbocycles. The van der Waals surface area contributed by atoms with E-state index in [0.717, 1.165) is 19.3 Å². The van der Waals surface area contributed by atoms with Gasteiger partial charge in [-0.1, -0.05) is 31.9 Å². The number of nitrogens with one attached hydrogen (secondary N) is 1. The fraction of sp³-hybridized carbons (Fsp3) is 0.500. The molecule has 1 aromatic rings. The lowest BCUT2D eigenvalue weighted by molar-refractivity contribution is 0.533. The molecule has 5 heteroatoms. The lowest BCUT2D eigenvalue weighted by Gasteiger charge is -2.13. The van der Waals surface area contributed by atoms with Gasteiger partial charge in [-0.15, -0.1) is 0 Å². The maximum Gasteiger partial charge on any atom is 0.216 e. The highest BCUT2D eigenvalue weighted by Gasteiger charge is 2.14. The number of unbranched alkanes of at least 4 members (excludes halogenated alkanes) is 1. The van der Waals surface area contributed by atoms with Gasteiger partial charge in [0.15, 0.2) is 0 Å². The van der Waals surface area contributed by atoms with E-state index < -0.39 is 10.0 Å². The van der Waals surface area contributed by atoms with Gasteiger partial charge in [0.1, 0.15) is 0 Å². The Morgan fingerprint density at radius 2 is 1.95 bits per heavy atom. The summed E-state index contributed by atoms with van der Waals surface area (Å²) < 4.78 is 26.6. The third kappa shape index (κ3) is 5.86. The van der Waals surface area contributed by atoms with Crippen LogP contribution in [0, 0.1) is 11.3 Å². The molecule has 0 radical (unpaired) electrons. The summed E-state index contributed by atoms with van der Waals surface area (Å²) in [5.41, 5.74) is 1.22. The predicted octanol–water partition coefficient (Wildman–Crippen LogP) is 2.56.